The van der Waals surface area contributed by atoms with Crippen molar-refractivity contribution in [3.63, 3.8) is 0 Å². The maximum atomic E-state index is 5.57. The monoisotopic (exact) mass is 263 g/mol. The van der Waals surface area contributed by atoms with Crippen LogP contribution < -0.4 is 5.32 Å². The van der Waals surface area contributed by atoms with Gasteiger partial charge in [0.15, 0.2) is 0 Å². The molecule has 1 atom stereocenters. The highest BCUT2D eigenvalue weighted by Crippen LogP contribution is 2.26. The molecule has 0 aliphatic rings. The average Bonchev–Trinajstić information content (AvgIpc) is 2.43. The molecule has 0 heterocycles. The number of rotatable bonds is 8. The van der Waals surface area contributed by atoms with Gasteiger partial charge in [-0.2, -0.15) is 0 Å². The first-order chi connectivity index (χ1) is 9.02. The van der Waals surface area contributed by atoms with Gasteiger partial charge in [-0.25, -0.2) is 0 Å². The third-order valence-electron chi connectivity index (χ3n) is 3.68. The van der Waals surface area contributed by atoms with Gasteiger partial charge in [0.05, 0.1) is 5.60 Å². The lowest BCUT2D eigenvalue weighted by molar-refractivity contribution is 0.00685. The average molecular weight is 263 g/mol. The van der Waals surface area contributed by atoms with Gasteiger partial charge < -0.3 is 10.1 Å². The standard InChI is InChI=1S/C17H29NO/c1-6-12-18-16(13-17(3,4)19-5)15-10-8-14(7-2)9-11-15/h8-11,16,18H,6-7,12-13H2,1-5H3. The fourth-order valence-electron chi connectivity index (χ4n) is 2.19. The smallest absolute Gasteiger partial charge is 0.0640 e. The Kier molecular flexibility index (Phi) is 6.53. The van der Waals surface area contributed by atoms with Gasteiger partial charge in [-0.1, -0.05) is 38.1 Å². The third-order valence-corrected chi connectivity index (χ3v) is 3.68. The first-order valence-electron chi connectivity index (χ1n) is 7.39. The van der Waals surface area contributed by atoms with Crippen molar-refractivity contribution in [3.05, 3.63) is 35.4 Å². The van der Waals surface area contributed by atoms with E-state index >= 15 is 0 Å². The molecule has 0 fully saturated rings. The molecule has 0 aliphatic heterocycles. The maximum Gasteiger partial charge on any atom is 0.0640 e. The molecule has 1 N–H and O–H groups in total. The van der Waals surface area contributed by atoms with E-state index < -0.39 is 0 Å². The van der Waals surface area contributed by atoms with E-state index in [2.05, 4.69) is 57.3 Å². The Morgan fingerprint density at radius 1 is 1.16 bits per heavy atom. The topological polar surface area (TPSA) is 21.3 Å². The van der Waals surface area contributed by atoms with E-state index in [1.807, 2.05) is 0 Å². The molecule has 1 aromatic carbocycles. The first kappa shape index (κ1) is 16.2. The summed E-state index contributed by atoms with van der Waals surface area (Å²) in [6, 6.07) is 9.32. The normalized spacial score (nSPS) is 13.5. The maximum absolute atomic E-state index is 5.57. The molecule has 1 rings (SSSR count). The van der Waals surface area contributed by atoms with Crippen LogP contribution in [0.25, 0.3) is 0 Å². The Morgan fingerprint density at radius 3 is 2.26 bits per heavy atom. The number of methoxy groups -OCH3 is 1. The zero-order valence-electron chi connectivity index (χ0n) is 13.1. The molecule has 2 heteroatoms. The molecule has 0 aliphatic carbocycles. The molecule has 1 unspecified atom stereocenters. The highest BCUT2D eigenvalue weighted by atomic mass is 16.5. The first-order valence-corrected chi connectivity index (χ1v) is 7.39. The fraction of sp³-hybridized carbons (Fsp3) is 0.647. The number of hydrogen-bond acceptors (Lipinski definition) is 2. The van der Waals surface area contributed by atoms with E-state index in [0.29, 0.717) is 6.04 Å². The van der Waals surface area contributed by atoms with Crippen LogP contribution in [0.5, 0.6) is 0 Å². The molecule has 0 radical (unpaired) electrons. The van der Waals surface area contributed by atoms with E-state index in [9.17, 15) is 0 Å². The Labute approximate surface area is 118 Å². The molecular formula is C17H29NO. The minimum Gasteiger partial charge on any atom is -0.379 e. The van der Waals surface area contributed by atoms with Gasteiger partial charge in [-0.15, -0.1) is 0 Å². The van der Waals surface area contributed by atoms with Crippen molar-refractivity contribution in [2.24, 2.45) is 0 Å². The van der Waals surface area contributed by atoms with Crippen LogP contribution in [0.3, 0.4) is 0 Å². The summed E-state index contributed by atoms with van der Waals surface area (Å²) < 4.78 is 5.57. The summed E-state index contributed by atoms with van der Waals surface area (Å²) >= 11 is 0. The van der Waals surface area contributed by atoms with Crippen molar-refractivity contribution >= 4 is 0 Å². The minimum absolute atomic E-state index is 0.102. The molecule has 0 aromatic heterocycles. The predicted octanol–water partition coefficient (Wildman–Crippen LogP) is 4.10. The third kappa shape index (κ3) is 5.33. The molecule has 19 heavy (non-hydrogen) atoms. The van der Waals surface area contributed by atoms with Crippen LogP contribution in [0, 0.1) is 0 Å². The summed E-state index contributed by atoms with van der Waals surface area (Å²) in [4.78, 5) is 0. The molecule has 1 aromatic rings. The zero-order valence-corrected chi connectivity index (χ0v) is 13.1. The van der Waals surface area contributed by atoms with Crippen molar-refractivity contribution in [2.75, 3.05) is 13.7 Å². The second-order valence-electron chi connectivity index (χ2n) is 5.77. The van der Waals surface area contributed by atoms with E-state index in [-0.39, 0.29) is 5.60 Å². The van der Waals surface area contributed by atoms with Gasteiger partial charge in [0.1, 0.15) is 0 Å². The largest absolute Gasteiger partial charge is 0.379 e. The lowest BCUT2D eigenvalue weighted by atomic mass is 9.93. The van der Waals surface area contributed by atoms with Crippen LogP contribution in [0.15, 0.2) is 24.3 Å². The van der Waals surface area contributed by atoms with Gasteiger partial charge >= 0.3 is 0 Å². The zero-order chi connectivity index (χ0) is 14.3. The number of nitrogens with one attached hydrogen (secondary N) is 1. The molecule has 0 saturated heterocycles. The molecule has 0 amide bonds. The van der Waals surface area contributed by atoms with E-state index in [1.54, 1.807) is 7.11 Å². The Bertz CT molecular complexity index is 356. The molecule has 0 saturated carbocycles. The summed E-state index contributed by atoms with van der Waals surface area (Å²) in [6.45, 7) is 9.73. The number of aryl methyl sites for hydroxylation is 1. The quantitative estimate of drug-likeness (QED) is 0.762. The van der Waals surface area contributed by atoms with Gasteiger partial charge in [-0.05, 0) is 50.8 Å². The lowest BCUT2D eigenvalue weighted by Crippen LogP contribution is -2.32. The Balaban J connectivity index is 2.82. The number of benzene rings is 1. The summed E-state index contributed by atoms with van der Waals surface area (Å²) in [5.41, 5.74) is 2.65. The van der Waals surface area contributed by atoms with Crippen LogP contribution in [0.2, 0.25) is 0 Å². The summed E-state index contributed by atoms with van der Waals surface area (Å²) in [5.74, 6) is 0. The molecule has 108 valence electrons. The highest BCUT2D eigenvalue weighted by molar-refractivity contribution is 5.25. The Hall–Kier alpha value is -0.860. The van der Waals surface area contributed by atoms with Crippen LogP contribution in [-0.4, -0.2) is 19.3 Å². The number of hydrogen-bond donors (Lipinski definition) is 1. The SMILES string of the molecule is CCCNC(CC(C)(C)OC)c1ccc(CC)cc1. The second kappa shape index (κ2) is 7.66. The van der Waals surface area contributed by atoms with Crippen LogP contribution in [-0.2, 0) is 11.2 Å². The molecule has 2 nitrogen and oxygen atoms in total. The van der Waals surface area contributed by atoms with Crippen LogP contribution in [0.1, 0.15) is 57.7 Å². The van der Waals surface area contributed by atoms with Crippen molar-refractivity contribution in [1.29, 1.82) is 0 Å². The van der Waals surface area contributed by atoms with E-state index in [1.165, 1.54) is 11.1 Å². The lowest BCUT2D eigenvalue weighted by Gasteiger charge is -2.29. The van der Waals surface area contributed by atoms with Gasteiger partial charge in [0.25, 0.3) is 0 Å². The minimum atomic E-state index is -0.102. The highest BCUT2D eigenvalue weighted by Gasteiger charge is 2.23. The van der Waals surface area contributed by atoms with Crippen LogP contribution >= 0.6 is 0 Å². The van der Waals surface area contributed by atoms with Crippen molar-refractivity contribution in [1.82, 2.24) is 5.32 Å². The second-order valence-corrected chi connectivity index (χ2v) is 5.77. The van der Waals surface area contributed by atoms with Gasteiger partial charge in [0, 0.05) is 13.2 Å². The molecule has 0 bridgehead atoms. The predicted molar refractivity (Wildman–Crippen MR) is 82.6 cm³/mol. The van der Waals surface area contributed by atoms with Crippen LogP contribution in [0.4, 0.5) is 0 Å². The van der Waals surface area contributed by atoms with Crippen molar-refractivity contribution in [2.45, 2.75) is 58.6 Å². The molecular weight excluding hydrogens is 234 g/mol. The summed E-state index contributed by atoms with van der Waals surface area (Å²) in [6.07, 6.45) is 3.23. The van der Waals surface area contributed by atoms with Gasteiger partial charge in [-0.3, -0.25) is 0 Å². The fourth-order valence-corrected chi connectivity index (χ4v) is 2.19. The summed E-state index contributed by atoms with van der Waals surface area (Å²) in [7, 11) is 1.79. The molecule has 0 spiro atoms. The Morgan fingerprint density at radius 2 is 1.79 bits per heavy atom. The van der Waals surface area contributed by atoms with Gasteiger partial charge in [0.2, 0.25) is 0 Å². The van der Waals surface area contributed by atoms with Crippen molar-refractivity contribution < 1.29 is 4.74 Å². The van der Waals surface area contributed by atoms with E-state index in [0.717, 1.165) is 25.8 Å². The van der Waals surface area contributed by atoms with Crippen molar-refractivity contribution in [3.8, 4) is 0 Å². The van der Waals surface area contributed by atoms with E-state index in [4.69, 9.17) is 4.74 Å². The number of ether oxygens (including phenoxy) is 1. The summed E-state index contributed by atoms with van der Waals surface area (Å²) in [5, 5.41) is 3.63.